The van der Waals surface area contributed by atoms with Crippen LogP contribution in [0.5, 0.6) is 0 Å². The van der Waals surface area contributed by atoms with Crippen LogP contribution in [0.4, 0.5) is 5.69 Å². The number of hydrogen-bond acceptors (Lipinski definition) is 5. The summed E-state index contributed by atoms with van der Waals surface area (Å²) >= 11 is 0. The molecule has 0 radical (unpaired) electrons. The Bertz CT molecular complexity index is 764. The van der Waals surface area contributed by atoms with Gasteiger partial charge in [-0.1, -0.05) is 18.2 Å². The minimum absolute atomic E-state index is 0.00693. The Morgan fingerprint density at radius 2 is 2.12 bits per heavy atom. The fraction of sp³-hybridized carbons (Fsp3) is 0.333. The van der Waals surface area contributed by atoms with Crippen LogP contribution in [-0.4, -0.2) is 46.9 Å². The van der Waals surface area contributed by atoms with Gasteiger partial charge in [0.1, 0.15) is 13.2 Å². The molecule has 1 aromatic carbocycles. The maximum absolute atomic E-state index is 12.7. The number of carbonyl (C=O) groups excluding carboxylic acids is 2. The van der Waals surface area contributed by atoms with Crippen molar-refractivity contribution in [3.63, 3.8) is 0 Å². The highest BCUT2D eigenvalue weighted by molar-refractivity contribution is 6.00. The van der Waals surface area contributed by atoms with Gasteiger partial charge in [0, 0.05) is 25.5 Å². The van der Waals surface area contributed by atoms with E-state index in [0.717, 1.165) is 12.1 Å². The number of ether oxygens (including phenoxy) is 1. The molecule has 7 heteroatoms. The second-order valence-corrected chi connectivity index (χ2v) is 5.82. The Morgan fingerprint density at radius 1 is 1.32 bits per heavy atom. The van der Waals surface area contributed by atoms with Crippen LogP contribution >= 0.6 is 0 Å². The van der Waals surface area contributed by atoms with E-state index in [9.17, 15) is 9.59 Å². The van der Waals surface area contributed by atoms with E-state index in [1.807, 2.05) is 30.3 Å². The quantitative estimate of drug-likeness (QED) is 0.895. The number of nitrogens with zero attached hydrogens (tertiary/aromatic N) is 3. The number of fused-ring (bicyclic) bond motifs is 1. The molecule has 2 heterocycles. The first-order valence-electron chi connectivity index (χ1n) is 8.15. The van der Waals surface area contributed by atoms with Crippen molar-refractivity contribution in [3.8, 4) is 0 Å². The molecule has 0 spiro atoms. The number of rotatable bonds is 5. The highest BCUT2D eigenvalue weighted by atomic mass is 16.5. The first-order valence-corrected chi connectivity index (χ1v) is 8.15. The first kappa shape index (κ1) is 17.0. The predicted octanol–water partition coefficient (Wildman–Crippen LogP) is 1.65. The molecule has 2 aromatic rings. The van der Waals surface area contributed by atoms with Gasteiger partial charge in [-0.15, -0.1) is 0 Å². The second kappa shape index (κ2) is 7.85. The fourth-order valence-corrected chi connectivity index (χ4v) is 2.78. The molecule has 1 aliphatic heterocycles. The van der Waals surface area contributed by atoms with Gasteiger partial charge in [0.2, 0.25) is 5.91 Å². The van der Waals surface area contributed by atoms with E-state index in [1.54, 1.807) is 12.0 Å². The first-order chi connectivity index (χ1) is 12.2. The average molecular weight is 340 g/mol. The van der Waals surface area contributed by atoms with Gasteiger partial charge >= 0.3 is 0 Å². The maximum atomic E-state index is 12.7. The minimum Gasteiger partial charge on any atom is -0.377 e. The molecule has 0 bridgehead atoms. The van der Waals surface area contributed by atoms with Crippen molar-refractivity contribution in [1.82, 2.24) is 14.9 Å². The van der Waals surface area contributed by atoms with Gasteiger partial charge < -0.3 is 15.0 Å². The summed E-state index contributed by atoms with van der Waals surface area (Å²) in [6.45, 7) is 0.828. The van der Waals surface area contributed by atoms with Crippen LogP contribution < -0.4 is 5.32 Å². The Morgan fingerprint density at radius 3 is 2.88 bits per heavy atom. The van der Waals surface area contributed by atoms with Crippen LogP contribution in [0.1, 0.15) is 28.3 Å². The molecule has 0 saturated heterocycles. The summed E-state index contributed by atoms with van der Waals surface area (Å²) in [5, 5.41) is 2.80. The summed E-state index contributed by atoms with van der Waals surface area (Å²) in [5.74, 6) is 0.129. The molecule has 0 atom stereocenters. The van der Waals surface area contributed by atoms with Crippen LogP contribution in [-0.2, 0) is 22.6 Å². The topological polar surface area (TPSA) is 84.4 Å². The highest BCUT2D eigenvalue weighted by Gasteiger charge is 2.25. The number of hydrogen-bond donors (Lipinski definition) is 1. The Labute approximate surface area is 146 Å². The molecule has 0 unspecified atom stereocenters. The number of carbonyl (C=O) groups is 2. The maximum Gasteiger partial charge on any atom is 0.257 e. The largest absolute Gasteiger partial charge is 0.377 e. The van der Waals surface area contributed by atoms with Crippen LogP contribution in [0.2, 0.25) is 0 Å². The molecule has 2 amide bonds. The summed E-state index contributed by atoms with van der Waals surface area (Å²) in [6, 6.07) is 9.18. The van der Waals surface area contributed by atoms with Crippen molar-refractivity contribution >= 4 is 17.5 Å². The van der Waals surface area contributed by atoms with Crippen molar-refractivity contribution < 1.29 is 14.3 Å². The molecule has 130 valence electrons. The lowest BCUT2D eigenvalue weighted by Gasteiger charge is -2.20. The van der Waals surface area contributed by atoms with E-state index in [0.29, 0.717) is 36.6 Å². The van der Waals surface area contributed by atoms with Crippen LogP contribution in [0.15, 0.2) is 36.5 Å². The number of anilines is 1. The lowest BCUT2D eigenvalue weighted by Crippen LogP contribution is -2.38. The van der Waals surface area contributed by atoms with Gasteiger partial charge in [0.15, 0.2) is 5.82 Å². The number of amides is 2. The van der Waals surface area contributed by atoms with E-state index in [2.05, 4.69) is 15.3 Å². The van der Waals surface area contributed by atoms with E-state index < -0.39 is 0 Å². The normalized spacial score (nSPS) is 14.0. The summed E-state index contributed by atoms with van der Waals surface area (Å²) in [6.07, 6.45) is 2.96. The van der Waals surface area contributed by atoms with E-state index in [4.69, 9.17) is 4.74 Å². The van der Waals surface area contributed by atoms with Crippen LogP contribution in [0.3, 0.4) is 0 Å². The molecule has 1 N–H and O–H groups in total. The Balaban J connectivity index is 1.71. The Hall–Kier alpha value is -2.80. The monoisotopic (exact) mass is 340 g/mol. The van der Waals surface area contributed by atoms with E-state index in [-0.39, 0.29) is 18.4 Å². The molecule has 0 fully saturated rings. The van der Waals surface area contributed by atoms with Crippen LogP contribution in [0.25, 0.3) is 0 Å². The number of methoxy groups -OCH3 is 1. The smallest absolute Gasteiger partial charge is 0.257 e. The number of aromatic nitrogens is 2. The third kappa shape index (κ3) is 4.19. The van der Waals surface area contributed by atoms with Crippen molar-refractivity contribution in [2.45, 2.75) is 19.4 Å². The average Bonchev–Trinajstić information content (AvgIpc) is 2.75. The zero-order valence-electron chi connectivity index (χ0n) is 14.1. The lowest BCUT2D eigenvalue weighted by atomic mass is 10.1. The van der Waals surface area contributed by atoms with E-state index >= 15 is 0 Å². The molecule has 25 heavy (non-hydrogen) atoms. The number of aryl methyl sites for hydroxylation is 1. The summed E-state index contributed by atoms with van der Waals surface area (Å²) in [4.78, 5) is 35.1. The zero-order valence-corrected chi connectivity index (χ0v) is 14.1. The third-order valence-corrected chi connectivity index (χ3v) is 3.94. The van der Waals surface area contributed by atoms with Crippen molar-refractivity contribution in [2.24, 2.45) is 0 Å². The predicted molar refractivity (Wildman–Crippen MR) is 92.0 cm³/mol. The van der Waals surface area contributed by atoms with Gasteiger partial charge in [-0.05, 0) is 25.0 Å². The molecular formula is C18H20N4O3. The number of benzene rings is 1. The van der Waals surface area contributed by atoms with Crippen molar-refractivity contribution in [1.29, 1.82) is 0 Å². The van der Waals surface area contributed by atoms with Crippen molar-refractivity contribution in [3.05, 3.63) is 53.6 Å². The SMILES string of the molecule is COCc1ncc2c(n1)CCCN(CC(=O)Nc1ccccc1)C2=O. The Kier molecular flexibility index (Phi) is 5.35. The van der Waals surface area contributed by atoms with E-state index in [1.165, 1.54) is 6.20 Å². The van der Waals surface area contributed by atoms with Gasteiger partial charge in [0.05, 0.1) is 11.3 Å². The third-order valence-electron chi connectivity index (χ3n) is 3.94. The molecular weight excluding hydrogens is 320 g/mol. The minimum atomic E-state index is -0.222. The molecule has 1 aliphatic rings. The summed E-state index contributed by atoms with van der Waals surface area (Å²) < 4.78 is 5.03. The van der Waals surface area contributed by atoms with Crippen LogP contribution in [0, 0.1) is 0 Å². The number of para-hydroxylation sites is 1. The molecule has 7 nitrogen and oxygen atoms in total. The highest BCUT2D eigenvalue weighted by Crippen LogP contribution is 2.17. The van der Waals surface area contributed by atoms with Gasteiger partial charge in [-0.25, -0.2) is 9.97 Å². The summed E-state index contributed by atoms with van der Waals surface area (Å²) in [5.41, 5.74) is 1.89. The molecule has 3 rings (SSSR count). The standard InChI is InChI=1S/C18H20N4O3/c1-25-12-16-19-10-14-15(21-16)8-5-9-22(18(14)24)11-17(23)20-13-6-3-2-4-7-13/h2-4,6-7,10H,5,8-9,11-12H2,1H3,(H,20,23). The molecule has 0 saturated carbocycles. The van der Waals surface area contributed by atoms with Crippen molar-refractivity contribution in [2.75, 3.05) is 25.5 Å². The zero-order chi connectivity index (χ0) is 17.6. The second-order valence-electron chi connectivity index (χ2n) is 5.82. The number of nitrogens with one attached hydrogen (secondary N) is 1. The van der Waals surface area contributed by atoms with Gasteiger partial charge in [-0.2, -0.15) is 0 Å². The molecule has 0 aliphatic carbocycles. The molecule has 1 aromatic heterocycles. The fourth-order valence-electron chi connectivity index (χ4n) is 2.78. The lowest BCUT2D eigenvalue weighted by molar-refractivity contribution is -0.116. The summed E-state index contributed by atoms with van der Waals surface area (Å²) in [7, 11) is 1.58. The van der Waals surface area contributed by atoms with Gasteiger partial charge in [-0.3, -0.25) is 9.59 Å². The van der Waals surface area contributed by atoms with Gasteiger partial charge in [0.25, 0.3) is 5.91 Å².